The number of aliphatic imine (C=N–C) groups is 1. The Morgan fingerprint density at radius 3 is 2.21 bits per heavy atom. The SMILES string of the molecule is Cc1cc(N(CCC#N)CCC#N)ccc1/N=C1/C(C(C)(C)C)=Nn2nc(-c3cc(NOB=S)cc(NOOSc4cc(C(C)(C)CC(C)(C)C)ccc4C)c3)nc21. The van der Waals surface area contributed by atoms with Gasteiger partial charge in [-0.25, -0.2) is 0 Å². The zero-order chi connectivity index (χ0) is 42.3. The summed E-state index contributed by atoms with van der Waals surface area (Å²) in [5.74, 6) is 0.891. The fraction of sp³-hybridized carbons (Fsp3) is 0.429. The van der Waals surface area contributed by atoms with Gasteiger partial charge < -0.3 is 4.90 Å². The topological polar surface area (TPSA) is 158 Å². The molecule has 3 aromatic carbocycles. The number of fused-ring (bicyclic) bond motifs is 1. The van der Waals surface area contributed by atoms with E-state index in [2.05, 4.69) is 96.7 Å². The molecule has 0 spiro atoms. The van der Waals surface area contributed by atoms with Crippen LogP contribution in [0.15, 0.2) is 69.6 Å². The van der Waals surface area contributed by atoms with Crippen LogP contribution in [0.25, 0.3) is 11.4 Å². The average Bonchev–Trinajstić information content (AvgIpc) is 3.72. The van der Waals surface area contributed by atoms with Crippen molar-refractivity contribution in [3.63, 3.8) is 0 Å². The Morgan fingerprint density at radius 1 is 0.897 bits per heavy atom. The van der Waals surface area contributed by atoms with Crippen molar-refractivity contribution in [1.82, 2.24) is 14.9 Å². The maximum absolute atomic E-state index is 9.18. The van der Waals surface area contributed by atoms with Gasteiger partial charge >= 0.3 is 217 Å². The Bertz CT molecular complexity index is 2260. The molecule has 4 aromatic rings. The molecule has 1 aliphatic rings. The molecule has 1 aliphatic heterocycles. The number of benzene rings is 3. The fourth-order valence-corrected chi connectivity index (χ4v) is 7.51. The van der Waals surface area contributed by atoms with Crippen molar-refractivity contribution in [2.45, 2.75) is 98.8 Å². The number of rotatable bonds is 17. The van der Waals surface area contributed by atoms with Crippen LogP contribution in [0.4, 0.5) is 22.7 Å². The Morgan fingerprint density at radius 2 is 1.59 bits per heavy atom. The molecule has 0 bridgehead atoms. The standard InChI is InChI=1S/C42H51BN10O3S2/c1-27-13-14-30(42(9,10)26-40(3,4)5)24-35(27)58-56-55-51-32-23-29(22-31(25-32)50-54-43-57)38-47-39-36(37(41(6,7)8)48-53(39)49-38)46-34-16-15-33(21-28(34)2)52(19-11-17-44)20-12-18-45/h13-16,21-25,50-51H,11-12,19-20,26H2,1-10H3/b46-36-. The zero-order valence-corrected chi connectivity index (χ0v) is 36.6. The van der Waals surface area contributed by atoms with Crippen LogP contribution in [0.2, 0.25) is 0 Å². The third kappa shape index (κ3) is 11.3. The number of hydrogen-bond donors (Lipinski definition) is 2. The predicted octanol–water partition coefficient (Wildman–Crippen LogP) is 10.4. The van der Waals surface area contributed by atoms with Crippen LogP contribution in [0.3, 0.4) is 0 Å². The van der Waals surface area contributed by atoms with Gasteiger partial charge in [0.2, 0.25) is 0 Å². The van der Waals surface area contributed by atoms with E-state index >= 15 is 0 Å². The van der Waals surface area contributed by atoms with Gasteiger partial charge in [-0.1, -0.05) is 40.7 Å². The molecule has 2 N–H and O–H groups in total. The van der Waals surface area contributed by atoms with Crippen molar-refractivity contribution in [3.8, 4) is 23.5 Å². The van der Waals surface area contributed by atoms with E-state index in [1.165, 1.54) is 10.4 Å². The molecule has 0 radical (unpaired) electrons. The summed E-state index contributed by atoms with van der Waals surface area (Å²) in [6.45, 7) is 22.6. The second-order valence-corrected chi connectivity index (χ2v) is 18.1. The molecule has 0 aliphatic carbocycles. The van der Waals surface area contributed by atoms with Gasteiger partial charge in [-0.2, -0.15) is 10.5 Å². The molecule has 0 saturated carbocycles. The second kappa shape index (κ2) is 18.6. The van der Waals surface area contributed by atoms with Gasteiger partial charge in [-0.3, -0.25) is 0 Å². The number of aryl methyl sites for hydroxylation is 2. The summed E-state index contributed by atoms with van der Waals surface area (Å²) in [5, 5.41) is 28.0. The molecule has 0 saturated heterocycles. The van der Waals surface area contributed by atoms with Gasteiger partial charge in [0, 0.05) is 18.8 Å². The van der Waals surface area contributed by atoms with E-state index in [9.17, 15) is 10.5 Å². The summed E-state index contributed by atoms with van der Waals surface area (Å²) in [7, 11) is 0. The Balaban J connectivity index is 1.40. The number of hydrogen-bond acceptors (Lipinski definition) is 14. The van der Waals surface area contributed by atoms with Crippen LogP contribution in [0.1, 0.15) is 97.2 Å². The van der Waals surface area contributed by atoms with Crippen molar-refractivity contribution in [1.29, 1.82) is 10.5 Å². The van der Waals surface area contributed by atoms with Crippen LogP contribution in [0.5, 0.6) is 0 Å². The molecular formula is C42H51BN10O3S2. The maximum atomic E-state index is 9.18. The summed E-state index contributed by atoms with van der Waals surface area (Å²) in [6, 6.07) is 22.2. The summed E-state index contributed by atoms with van der Waals surface area (Å²) < 4.78 is 10.8. The minimum atomic E-state index is -0.364. The van der Waals surface area contributed by atoms with E-state index in [-0.39, 0.29) is 16.2 Å². The predicted molar refractivity (Wildman–Crippen MR) is 236 cm³/mol. The third-order valence-electron chi connectivity index (χ3n) is 9.37. The van der Waals surface area contributed by atoms with Gasteiger partial charge in [0.05, 0.1) is 25.0 Å². The zero-order valence-electron chi connectivity index (χ0n) is 34.9. The normalized spacial score (nSPS) is 13.3. The second-order valence-electron chi connectivity index (χ2n) is 17.1. The summed E-state index contributed by atoms with van der Waals surface area (Å²) in [6.07, 6.45) is 2.87. The van der Waals surface area contributed by atoms with E-state index in [4.69, 9.17) is 46.3 Å². The summed E-state index contributed by atoms with van der Waals surface area (Å²) in [5.41, 5.74) is 13.5. The van der Waals surface area contributed by atoms with E-state index in [1.54, 1.807) is 6.07 Å². The van der Waals surface area contributed by atoms with Crippen molar-refractivity contribution in [2.75, 3.05) is 28.9 Å². The number of anilines is 3. The van der Waals surface area contributed by atoms with Gasteiger partial charge in [-0.05, 0) is 36.3 Å². The first kappa shape index (κ1) is 44.0. The molecule has 0 fully saturated rings. The summed E-state index contributed by atoms with van der Waals surface area (Å²) >= 11 is 6.01. The fourth-order valence-electron chi connectivity index (χ4n) is 6.95. The molecule has 0 atom stereocenters. The van der Waals surface area contributed by atoms with Crippen LogP contribution in [-0.4, -0.2) is 45.7 Å². The molecule has 13 nitrogen and oxygen atoms in total. The van der Waals surface area contributed by atoms with Gasteiger partial charge in [-0.15, -0.1) is 0 Å². The average molecular weight is 819 g/mol. The third-order valence-corrected chi connectivity index (χ3v) is 10.2. The van der Waals surface area contributed by atoms with Crippen LogP contribution in [-0.2, 0) is 19.5 Å². The molecule has 0 unspecified atom stereocenters. The number of nitriles is 2. The van der Waals surface area contributed by atoms with E-state index < -0.39 is 0 Å². The monoisotopic (exact) mass is 818 g/mol. The molecule has 5 rings (SSSR count). The van der Waals surface area contributed by atoms with E-state index in [1.807, 2.05) is 49.1 Å². The van der Waals surface area contributed by atoms with E-state index in [0.717, 1.165) is 57.9 Å². The summed E-state index contributed by atoms with van der Waals surface area (Å²) in [4.78, 5) is 20.1. The van der Waals surface area contributed by atoms with Crippen LogP contribution in [0, 0.1) is 47.3 Å². The minimum absolute atomic E-state index is 0.0196. The van der Waals surface area contributed by atoms with Crippen molar-refractivity contribution in [2.24, 2.45) is 20.9 Å². The molecular weight excluding hydrogens is 767 g/mol. The van der Waals surface area contributed by atoms with Crippen molar-refractivity contribution >= 4 is 64.6 Å². The first-order chi connectivity index (χ1) is 27.4. The first-order valence-corrected chi connectivity index (χ1v) is 20.3. The first-order valence-electron chi connectivity index (χ1n) is 19.1. The number of aromatic nitrogens is 3. The Kier molecular flexibility index (Phi) is 14.1. The Hall–Kier alpha value is -5.13. The van der Waals surface area contributed by atoms with Crippen molar-refractivity contribution < 1.29 is 14.1 Å². The van der Waals surface area contributed by atoms with Gasteiger partial charge in [0.15, 0.2) is 0 Å². The van der Waals surface area contributed by atoms with Crippen LogP contribution < -0.4 is 15.9 Å². The molecule has 16 heteroatoms. The van der Waals surface area contributed by atoms with Crippen molar-refractivity contribution in [3.05, 3.63) is 77.1 Å². The van der Waals surface area contributed by atoms with Gasteiger partial charge in [0.25, 0.3) is 0 Å². The molecule has 58 heavy (non-hydrogen) atoms. The number of nitrogens with zero attached hydrogens (tertiary/aromatic N) is 8. The van der Waals surface area contributed by atoms with E-state index in [0.29, 0.717) is 60.2 Å². The van der Waals surface area contributed by atoms with Gasteiger partial charge in [0.1, 0.15) is 0 Å². The molecule has 2 heterocycles. The quantitative estimate of drug-likeness (QED) is 0.0342. The molecule has 0 amide bonds. The molecule has 302 valence electrons. The molecule has 1 aromatic heterocycles. The number of nitrogens with one attached hydrogen (secondary N) is 2. The van der Waals surface area contributed by atoms with Crippen LogP contribution >= 0.6 is 24.1 Å². The Labute approximate surface area is 352 Å².